The molecule has 0 fully saturated rings. The molecule has 0 aliphatic carbocycles. The molecule has 1 atom stereocenters. The van der Waals surface area contributed by atoms with Crippen molar-refractivity contribution < 1.29 is 9.47 Å². The summed E-state index contributed by atoms with van der Waals surface area (Å²) in [7, 11) is 0. The maximum absolute atomic E-state index is 5.69. The lowest BCUT2D eigenvalue weighted by atomic mass is 10.3. The molecular formula is C14H19N3O2. The molecule has 0 bridgehead atoms. The Morgan fingerprint density at radius 1 is 1.32 bits per heavy atom. The van der Waals surface area contributed by atoms with Crippen LogP contribution >= 0.6 is 0 Å². The summed E-state index contributed by atoms with van der Waals surface area (Å²) in [6, 6.07) is 4.14. The van der Waals surface area contributed by atoms with E-state index in [1.54, 1.807) is 0 Å². The van der Waals surface area contributed by atoms with Crippen LogP contribution in [0, 0.1) is 0 Å². The van der Waals surface area contributed by atoms with Gasteiger partial charge in [0.2, 0.25) is 0 Å². The predicted octanol–water partition coefficient (Wildman–Crippen LogP) is 2.39. The Labute approximate surface area is 112 Å². The third kappa shape index (κ3) is 2.38. The van der Waals surface area contributed by atoms with E-state index in [0.29, 0.717) is 13.2 Å². The number of nitrogens with zero attached hydrogens (tertiary/aromatic N) is 1. The van der Waals surface area contributed by atoms with Crippen LogP contribution in [0.5, 0.6) is 11.5 Å². The highest BCUT2D eigenvalue weighted by molar-refractivity contribution is 5.80. The fraction of sp³-hybridized carbons (Fsp3) is 0.500. The number of rotatable bonds is 3. The van der Waals surface area contributed by atoms with Gasteiger partial charge in [-0.15, -0.1) is 0 Å². The molecule has 1 aliphatic heterocycles. The number of aromatic amines is 1. The zero-order valence-corrected chi connectivity index (χ0v) is 11.3. The van der Waals surface area contributed by atoms with Gasteiger partial charge in [-0.1, -0.05) is 6.92 Å². The summed E-state index contributed by atoms with van der Waals surface area (Å²) in [4.78, 5) is 7.96. The average Bonchev–Trinajstić information content (AvgIpc) is 2.67. The Balaban J connectivity index is 1.99. The van der Waals surface area contributed by atoms with E-state index in [-0.39, 0.29) is 6.04 Å². The number of fused-ring (bicyclic) bond motifs is 2. The maximum atomic E-state index is 5.69. The number of hydrogen-bond donors (Lipinski definition) is 2. The van der Waals surface area contributed by atoms with E-state index >= 15 is 0 Å². The molecule has 0 saturated carbocycles. The summed E-state index contributed by atoms with van der Waals surface area (Å²) in [5.41, 5.74) is 1.91. The van der Waals surface area contributed by atoms with E-state index in [0.717, 1.165) is 41.3 Å². The number of benzene rings is 1. The first-order chi connectivity index (χ1) is 9.28. The first-order valence-electron chi connectivity index (χ1n) is 6.80. The molecule has 0 amide bonds. The van der Waals surface area contributed by atoms with Crippen LogP contribution in [0.25, 0.3) is 11.0 Å². The summed E-state index contributed by atoms with van der Waals surface area (Å²) in [6.45, 7) is 6.50. The highest BCUT2D eigenvalue weighted by atomic mass is 16.5. The molecule has 1 aromatic carbocycles. The molecule has 0 saturated heterocycles. The molecule has 1 unspecified atom stereocenters. The van der Waals surface area contributed by atoms with Crippen molar-refractivity contribution in [3.8, 4) is 11.5 Å². The molecule has 2 heterocycles. The Morgan fingerprint density at radius 2 is 2.05 bits per heavy atom. The molecule has 2 aromatic rings. The first kappa shape index (κ1) is 12.3. The Kier molecular flexibility index (Phi) is 3.29. The van der Waals surface area contributed by atoms with Gasteiger partial charge in [-0.2, -0.15) is 0 Å². The molecule has 2 N–H and O–H groups in total. The van der Waals surface area contributed by atoms with Crippen molar-refractivity contribution in [2.45, 2.75) is 26.3 Å². The van der Waals surface area contributed by atoms with E-state index in [9.17, 15) is 0 Å². The van der Waals surface area contributed by atoms with Crippen LogP contribution < -0.4 is 14.8 Å². The van der Waals surface area contributed by atoms with Gasteiger partial charge in [-0.05, 0) is 13.5 Å². The van der Waals surface area contributed by atoms with Gasteiger partial charge in [-0.25, -0.2) is 4.98 Å². The largest absolute Gasteiger partial charge is 0.489 e. The van der Waals surface area contributed by atoms with Crippen molar-refractivity contribution in [2.24, 2.45) is 0 Å². The third-order valence-corrected chi connectivity index (χ3v) is 3.29. The SMILES string of the molecule is CCNC(C)c1nc2cc3c(cc2[nH]1)OCCCO3. The second kappa shape index (κ2) is 5.09. The summed E-state index contributed by atoms with van der Waals surface area (Å²) >= 11 is 0. The van der Waals surface area contributed by atoms with Crippen LogP contribution in [0.15, 0.2) is 12.1 Å². The van der Waals surface area contributed by atoms with Crippen molar-refractivity contribution in [3.63, 3.8) is 0 Å². The Hall–Kier alpha value is -1.75. The van der Waals surface area contributed by atoms with Gasteiger partial charge in [0.15, 0.2) is 11.5 Å². The lowest BCUT2D eigenvalue weighted by Gasteiger charge is -2.07. The quantitative estimate of drug-likeness (QED) is 0.890. The zero-order valence-electron chi connectivity index (χ0n) is 11.3. The van der Waals surface area contributed by atoms with Gasteiger partial charge in [0, 0.05) is 18.6 Å². The van der Waals surface area contributed by atoms with Crippen LogP contribution in [-0.4, -0.2) is 29.7 Å². The number of nitrogens with one attached hydrogen (secondary N) is 2. The van der Waals surface area contributed by atoms with Crippen LogP contribution in [0.4, 0.5) is 0 Å². The van der Waals surface area contributed by atoms with Gasteiger partial charge >= 0.3 is 0 Å². The van der Waals surface area contributed by atoms with Crippen molar-refractivity contribution in [1.82, 2.24) is 15.3 Å². The summed E-state index contributed by atoms with van der Waals surface area (Å²) in [5.74, 6) is 2.53. The van der Waals surface area contributed by atoms with Crippen LogP contribution in [0.2, 0.25) is 0 Å². The van der Waals surface area contributed by atoms with E-state index in [2.05, 4.69) is 29.1 Å². The Bertz CT molecular complexity index is 536. The van der Waals surface area contributed by atoms with Gasteiger partial charge < -0.3 is 19.8 Å². The highest BCUT2D eigenvalue weighted by Gasteiger charge is 2.15. The number of ether oxygens (including phenoxy) is 2. The average molecular weight is 261 g/mol. The monoisotopic (exact) mass is 261 g/mol. The molecule has 5 heteroatoms. The van der Waals surface area contributed by atoms with E-state index in [4.69, 9.17) is 9.47 Å². The molecular weight excluding hydrogens is 242 g/mol. The predicted molar refractivity (Wildman–Crippen MR) is 73.8 cm³/mol. The number of hydrogen-bond acceptors (Lipinski definition) is 4. The number of H-pyrrole nitrogens is 1. The molecule has 19 heavy (non-hydrogen) atoms. The first-order valence-corrected chi connectivity index (χ1v) is 6.80. The fourth-order valence-electron chi connectivity index (χ4n) is 2.29. The van der Waals surface area contributed by atoms with Crippen molar-refractivity contribution in [1.29, 1.82) is 0 Å². The van der Waals surface area contributed by atoms with Crippen molar-refractivity contribution in [3.05, 3.63) is 18.0 Å². The normalized spacial score (nSPS) is 16.3. The molecule has 102 valence electrons. The second-order valence-electron chi connectivity index (χ2n) is 4.77. The minimum Gasteiger partial charge on any atom is -0.489 e. The molecule has 0 spiro atoms. The van der Waals surface area contributed by atoms with Crippen LogP contribution in [-0.2, 0) is 0 Å². The van der Waals surface area contributed by atoms with E-state index < -0.39 is 0 Å². The van der Waals surface area contributed by atoms with Gasteiger partial charge in [0.05, 0.1) is 30.3 Å². The van der Waals surface area contributed by atoms with Crippen LogP contribution in [0.3, 0.4) is 0 Å². The van der Waals surface area contributed by atoms with Crippen molar-refractivity contribution in [2.75, 3.05) is 19.8 Å². The fourth-order valence-corrected chi connectivity index (χ4v) is 2.29. The summed E-state index contributed by atoms with van der Waals surface area (Å²) in [5, 5.41) is 3.35. The Morgan fingerprint density at radius 3 is 2.79 bits per heavy atom. The lowest BCUT2D eigenvalue weighted by Crippen LogP contribution is -2.18. The minimum atomic E-state index is 0.207. The second-order valence-corrected chi connectivity index (χ2v) is 4.77. The summed E-state index contributed by atoms with van der Waals surface area (Å²) < 4.78 is 11.4. The van der Waals surface area contributed by atoms with Crippen LogP contribution in [0.1, 0.15) is 32.1 Å². The number of imidazole rings is 1. The topological polar surface area (TPSA) is 59.2 Å². The van der Waals surface area contributed by atoms with Gasteiger partial charge in [0.25, 0.3) is 0 Å². The van der Waals surface area contributed by atoms with E-state index in [1.807, 2.05) is 12.1 Å². The number of aromatic nitrogens is 2. The molecule has 1 aliphatic rings. The van der Waals surface area contributed by atoms with Crippen molar-refractivity contribution >= 4 is 11.0 Å². The molecule has 1 aromatic heterocycles. The smallest absolute Gasteiger partial charge is 0.163 e. The minimum absolute atomic E-state index is 0.207. The van der Waals surface area contributed by atoms with E-state index in [1.165, 1.54) is 0 Å². The third-order valence-electron chi connectivity index (χ3n) is 3.29. The molecule has 5 nitrogen and oxygen atoms in total. The molecule has 0 radical (unpaired) electrons. The maximum Gasteiger partial charge on any atom is 0.163 e. The van der Waals surface area contributed by atoms with Gasteiger partial charge in [-0.3, -0.25) is 0 Å². The lowest BCUT2D eigenvalue weighted by molar-refractivity contribution is 0.297. The molecule has 3 rings (SSSR count). The van der Waals surface area contributed by atoms with Gasteiger partial charge in [0.1, 0.15) is 5.82 Å². The zero-order chi connectivity index (χ0) is 13.2. The standard InChI is InChI=1S/C14H19N3O2/c1-3-15-9(2)14-16-10-7-12-13(8-11(10)17-14)19-6-4-5-18-12/h7-9,15H,3-6H2,1-2H3,(H,16,17). The summed E-state index contributed by atoms with van der Waals surface area (Å²) in [6.07, 6.45) is 0.915. The highest BCUT2D eigenvalue weighted by Crippen LogP contribution is 2.33.